The van der Waals surface area contributed by atoms with E-state index >= 15 is 0 Å². The molecule has 1 aliphatic heterocycles. The monoisotopic (exact) mass is 548 g/mol. The molecule has 3 aromatic heterocycles. The lowest BCUT2D eigenvalue weighted by atomic mass is 10.1. The first kappa shape index (κ1) is 24.8. The first-order valence-corrected chi connectivity index (χ1v) is 12.9. The average Bonchev–Trinajstić information content (AvgIpc) is 3.51. The van der Waals surface area contributed by atoms with Crippen molar-refractivity contribution < 1.29 is 18.3 Å². The van der Waals surface area contributed by atoms with Crippen LogP contribution in [0.4, 0.5) is 10.2 Å². The first-order chi connectivity index (χ1) is 17.2. The summed E-state index contributed by atoms with van der Waals surface area (Å²) in [5, 5.41) is 2.67. The van der Waals surface area contributed by atoms with Gasteiger partial charge in [0.2, 0.25) is 5.75 Å². The molecule has 1 fully saturated rings. The van der Waals surface area contributed by atoms with E-state index in [9.17, 15) is 9.18 Å². The summed E-state index contributed by atoms with van der Waals surface area (Å²) in [5.41, 5.74) is 8.20. The molecule has 0 unspecified atom stereocenters. The number of furan rings is 1. The van der Waals surface area contributed by atoms with Gasteiger partial charge in [-0.15, -0.1) is 11.3 Å². The Morgan fingerprint density at radius 1 is 1.28 bits per heavy atom. The Morgan fingerprint density at radius 3 is 2.78 bits per heavy atom. The quantitative estimate of drug-likeness (QED) is 0.303. The maximum absolute atomic E-state index is 14.0. The van der Waals surface area contributed by atoms with Crippen LogP contribution in [0.3, 0.4) is 0 Å². The Kier molecular flexibility index (Phi) is 6.82. The number of likely N-dealkylation sites (N-methyl/N-ethyl adjacent to an activating group) is 1. The normalized spacial score (nSPS) is 15.4. The summed E-state index contributed by atoms with van der Waals surface area (Å²) in [6, 6.07) is 4.48. The van der Waals surface area contributed by atoms with Crippen LogP contribution < -0.4 is 10.5 Å². The molecule has 4 aromatic rings. The van der Waals surface area contributed by atoms with Gasteiger partial charge in [-0.25, -0.2) is 9.37 Å². The van der Waals surface area contributed by atoms with Crippen molar-refractivity contribution in [3.8, 4) is 16.2 Å². The first-order valence-electron chi connectivity index (χ1n) is 11.3. The zero-order valence-corrected chi connectivity index (χ0v) is 21.9. The number of aromatic nitrogens is 1. The van der Waals surface area contributed by atoms with Gasteiger partial charge in [0, 0.05) is 58.8 Å². The summed E-state index contributed by atoms with van der Waals surface area (Å²) in [6.45, 7) is 4.81. The van der Waals surface area contributed by atoms with E-state index in [4.69, 9.17) is 38.1 Å². The molecule has 1 saturated heterocycles. The molecule has 0 spiro atoms. The number of carbonyl (C=O) groups is 1. The minimum atomic E-state index is -0.738. The Balaban J connectivity index is 1.45. The number of nitrogens with two attached hydrogens (primary N) is 1. The number of nitrogens with zero attached hydrogens (tertiary/aromatic N) is 3. The second-order valence-electron chi connectivity index (χ2n) is 8.68. The highest BCUT2D eigenvalue weighted by molar-refractivity contribution is 7.14. The molecule has 1 aliphatic rings. The lowest BCUT2D eigenvalue weighted by Gasteiger charge is -2.32. The Hall–Kier alpha value is -2.85. The van der Waals surface area contributed by atoms with Crippen molar-refractivity contribution in [3.63, 3.8) is 0 Å². The van der Waals surface area contributed by atoms with Gasteiger partial charge in [-0.2, -0.15) is 0 Å². The maximum Gasteiger partial charge on any atom is 0.254 e. The number of hydrogen-bond donors (Lipinski definition) is 1. The third kappa shape index (κ3) is 4.52. The second-order valence-corrected chi connectivity index (χ2v) is 10.4. The third-order valence-corrected chi connectivity index (χ3v) is 7.96. The number of anilines is 1. The standard InChI is InChI=1S/C25H23Cl2FN4O3S/c1-13(20-17(26)3-4-18(28)21(20)27)35-23-22-15(10-30-24(23)29)16(11-34-22)19-9-14(12-36-19)25(33)32-7-5-31(2)6-8-32/h3-4,9-13H,5-8H2,1-2H3,(H2,29,30)/t13-/m1/s1. The predicted octanol–water partition coefficient (Wildman–Crippen LogP) is 6.11. The van der Waals surface area contributed by atoms with E-state index < -0.39 is 11.9 Å². The highest BCUT2D eigenvalue weighted by Crippen LogP contribution is 2.42. The second kappa shape index (κ2) is 9.89. The minimum absolute atomic E-state index is 0.0162. The predicted molar refractivity (Wildman–Crippen MR) is 141 cm³/mol. The number of amides is 1. The number of hydrogen-bond acceptors (Lipinski definition) is 7. The van der Waals surface area contributed by atoms with Crippen molar-refractivity contribution in [2.75, 3.05) is 39.0 Å². The summed E-state index contributed by atoms with van der Waals surface area (Å²) in [4.78, 5) is 22.2. The number of thiophene rings is 1. The smallest absolute Gasteiger partial charge is 0.254 e. The number of nitrogen functional groups attached to an aromatic ring is 1. The Labute approximate surface area is 221 Å². The van der Waals surface area contributed by atoms with Crippen LogP contribution in [-0.2, 0) is 0 Å². The van der Waals surface area contributed by atoms with Crippen LogP contribution in [0.5, 0.6) is 5.75 Å². The molecule has 4 heterocycles. The molecule has 0 saturated carbocycles. The highest BCUT2D eigenvalue weighted by atomic mass is 35.5. The van der Waals surface area contributed by atoms with Crippen LogP contribution in [0.25, 0.3) is 21.4 Å². The largest absolute Gasteiger partial charge is 0.478 e. The maximum atomic E-state index is 14.0. The van der Waals surface area contributed by atoms with Crippen molar-refractivity contribution in [2.45, 2.75) is 13.0 Å². The van der Waals surface area contributed by atoms with Crippen molar-refractivity contribution in [2.24, 2.45) is 0 Å². The van der Waals surface area contributed by atoms with Gasteiger partial charge >= 0.3 is 0 Å². The summed E-state index contributed by atoms with van der Waals surface area (Å²) >= 11 is 13.9. The molecule has 7 nitrogen and oxygen atoms in total. The number of halogens is 3. The molecule has 188 valence electrons. The van der Waals surface area contributed by atoms with Gasteiger partial charge in [0.25, 0.3) is 5.91 Å². The lowest BCUT2D eigenvalue weighted by Crippen LogP contribution is -2.47. The molecule has 1 atom stereocenters. The number of ether oxygens (including phenoxy) is 1. The molecular weight excluding hydrogens is 526 g/mol. The summed E-state index contributed by atoms with van der Waals surface area (Å²) in [6.07, 6.45) is 2.45. The van der Waals surface area contributed by atoms with E-state index in [1.165, 1.54) is 23.5 Å². The van der Waals surface area contributed by atoms with Crippen LogP contribution in [0.15, 0.2) is 40.5 Å². The number of carbonyl (C=O) groups excluding carboxylic acids is 1. The number of piperazine rings is 1. The van der Waals surface area contributed by atoms with E-state index in [0.717, 1.165) is 23.5 Å². The van der Waals surface area contributed by atoms with Crippen LogP contribution in [0.1, 0.15) is 28.9 Å². The number of rotatable bonds is 5. The SMILES string of the molecule is C[C@@H](Oc1c(N)ncc2c(-c3cc(C(=O)N4CCN(C)CC4)cs3)coc12)c1c(Cl)ccc(F)c1Cl. The minimum Gasteiger partial charge on any atom is -0.478 e. The molecule has 11 heteroatoms. The highest BCUT2D eigenvalue weighted by Gasteiger charge is 2.25. The van der Waals surface area contributed by atoms with Gasteiger partial charge in [-0.1, -0.05) is 23.2 Å². The van der Waals surface area contributed by atoms with Crippen LogP contribution in [0, 0.1) is 5.82 Å². The average molecular weight is 549 g/mol. The summed E-state index contributed by atoms with van der Waals surface area (Å²) in [7, 11) is 2.05. The van der Waals surface area contributed by atoms with Crippen molar-refractivity contribution >= 4 is 57.2 Å². The fraction of sp³-hybridized carbons (Fsp3) is 0.280. The molecule has 0 aliphatic carbocycles. The summed E-state index contributed by atoms with van der Waals surface area (Å²) < 4.78 is 26.0. The molecule has 1 aromatic carbocycles. The topological polar surface area (TPSA) is 84.8 Å². The fourth-order valence-corrected chi connectivity index (χ4v) is 5.80. The van der Waals surface area contributed by atoms with Crippen LogP contribution >= 0.6 is 34.5 Å². The van der Waals surface area contributed by atoms with Gasteiger partial charge in [-0.05, 0) is 32.2 Å². The Bertz CT molecular complexity index is 1450. The molecule has 1 amide bonds. The van der Waals surface area contributed by atoms with Gasteiger partial charge < -0.3 is 24.7 Å². The van der Waals surface area contributed by atoms with Crippen LogP contribution in [0.2, 0.25) is 10.0 Å². The molecule has 0 radical (unpaired) electrons. The van der Waals surface area contributed by atoms with Crippen molar-refractivity contribution in [3.05, 3.63) is 63.0 Å². The summed E-state index contributed by atoms with van der Waals surface area (Å²) in [5.74, 6) is -0.276. The van der Waals surface area contributed by atoms with Gasteiger partial charge in [0.05, 0.1) is 16.0 Å². The number of benzene rings is 1. The van der Waals surface area contributed by atoms with Gasteiger partial charge in [0.1, 0.15) is 18.2 Å². The zero-order chi connectivity index (χ0) is 25.6. The Morgan fingerprint density at radius 2 is 2.03 bits per heavy atom. The molecular formula is C25H23Cl2FN4O3S. The van der Waals surface area contributed by atoms with E-state index in [0.29, 0.717) is 35.2 Å². The molecule has 36 heavy (non-hydrogen) atoms. The van der Waals surface area contributed by atoms with Gasteiger partial charge in [-0.3, -0.25) is 4.79 Å². The lowest BCUT2D eigenvalue weighted by molar-refractivity contribution is 0.0664. The molecule has 5 rings (SSSR count). The van der Waals surface area contributed by atoms with E-state index in [2.05, 4.69) is 16.9 Å². The van der Waals surface area contributed by atoms with Crippen molar-refractivity contribution in [1.82, 2.24) is 14.8 Å². The van der Waals surface area contributed by atoms with Crippen molar-refractivity contribution in [1.29, 1.82) is 0 Å². The van der Waals surface area contributed by atoms with Gasteiger partial charge in [0.15, 0.2) is 11.4 Å². The number of fused-ring (bicyclic) bond motifs is 1. The van der Waals surface area contributed by atoms with E-state index in [-0.39, 0.29) is 27.5 Å². The zero-order valence-electron chi connectivity index (χ0n) is 19.6. The molecule has 0 bridgehead atoms. The molecule has 2 N–H and O–H groups in total. The van der Waals surface area contributed by atoms with Crippen LogP contribution in [-0.4, -0.2) is 53.9 Å². The number of pyridine rings is 1. The van der Waals surface area contributed by atoms with E-state index in [1.54, 1.807) is 19.4 Å². The fourth-order valence-electron chi connectivity index (χ4n) is 4.22. The third-order valence-electron chi connectivity index (χ3n) is 6.28. The van der Waals surface area contributed by atoms with E-state index in [1.807, 2.05) is 16.3 Å².